The van der Waals surface area contributed by atoms with Crippen LogP contribution in [0.3, 0.4) is 0 Å². The summed E-state index contributed by atoms with van der Waals surface area (Å²) in [4.78, 5) is 11.3. The monoisotopic (exact) mass is 184 g/mol. The van der Waals surface area contributed by atoms with Crippen LogP contribution < -0.4 is 10.6 Å². The molecule has 0 aliphatic carbocycles. The van der Waals surface area contributed by atoms with Gasteiger partial charge in [-0.3, -0.25) is 4.79 Å². The molecule has 13 heavy (non-hydrogen) atoms. The molecule has 1 unspecified atom stereocenters. The molecule has 1 amide bonds. The van der Waals surface area contributed by atoms with Crippen molar-refractivity contribution in [1.82, 2.24) is 10.6 Å². The SMILES string of the molecule is CC(C)C(=O)NCC1(C)CCNC1. The topological polar surface area (TPSA) is 41.1 Å². The third-order valence-electron chi connectivity index (χ3n) is 2.67. The van der Waals surface area contributed by atoms with Gasteiger partial charge in [0, 0.05) is 19.0 Å². The number of hydrogen-bond donors (Lipinski definition) is 2. The highest BCUT2D eigenvalue weighted by Crippen LogP contribution is 2.22. The van der Waals surface area contributed by atoms with E-state index in [4.69, 9.17) is 0 Å². The van der Waals surface area contributed by atoms with Crippen LogP contribution in [0.5, 0.6) is 0 Å². The van der Waals surface area contributed by atoms with Crippen LogP contribution in [0.2, 0.25) is 0 Å². The van der Waals surface area contributed by atoms with Crippen LogP contribution in [0, 0.1) is 11.3 Å². The van der Waals surface area contributed by atoms with Crippen molar-refractivity contribution in [1.29, 1.82) is 0 Å². The Balaban J connectivity index is 2.29. The van der Waals surface area contributed by atoms with Gasteiger partial charge >= 0.3 is 0 Å². The Labute approximate surface area is 80.3 Å². The van der Waals surface area contributed by atoms with Gasteiger partial charge in [0.25, 0.3) is 0 Å². The summed E-state index contributed by atoms with van der Waals surface area (Å²) in [5.41, 5.74) is 0.268. The minimum atomic E-state index is 0.0953. The maximum atomic E-state index is 11.3. The van der Waals surface area contributed by atoms with Gasteiger partial charge in [0.2, 0.25) is 5.91 Å². The van der Waals surface area contributed by atoms with Crippen LogP contribution in [-0.2, 0) is 4.79 Å². The second kappa shape index (κ2) is 4.09. The number of amides is 1. The summed E-state index contributed by atoms with van der Waals surface area (Å²) >= 11 is 0. The van der Waals surface area contributed by atoms with Crippen LogP contribution in [0.1, 0.15) is 27.2 Å². The van der Waals surface area contributed by atoms with Crippen LogP contribution in [-0.4, -0.2) is 25.5 Å². The molecule has 0 aromatic carbocycles. The lowest BCUT2D eigenvalue weighted by atomic mass is 9.90. The molecule has 2 N–H and O–H groups in total. The molecular weight excluding hydrogens is 164 g/mol. The molecule has 1 aliphatic rings. The van der Waals surface area contributed by atoms with Crippen LogP contribution in [0.4, 0.5) is 0 Å². The molecule has 1 aliphatic heterocycles. The summed E-state index contributed by atoms with van der Waals surface area (Å²) in [6.45, 7) is 8.96. The Morgan fingerprint density at radius 1 is 1.62 bits per heavy atom. The van der Waals surface area contributed by atoms with Crippen LogP contribution >= 0.6 is 0 Å². The largest absolute Gasteiger partial charge is 0.355 e. The van der Waals surface area contributed by atoms with Crippen molar-refractivity contribution in [3.8, 4) is 0 Å². The molecule has 1 atom stereocenters. The molecule has 1 saturated heterocycles. The van der Waals surface area contributed by atoms with E-state index >= 15 is 0 Å². The zero-order valence-corrected chi connectivity index (χ0v) is 8.81. The van der Waals surface area contributed by atoms with Crippen molar-refractivity contribution in [2.45, 2.75) is 27.2 Å². The van der Waals surface area contributed by atoms with E-state index in [0.717, 1.165) is 26.1 Å². The van der Waals surface area contributed by atoms with Crippen molar-refractivity contribution in [3.63, 3.8) is 0 Å². The minimum absolute atomic E-state index is 0.0953. The fourth-order valence-corrected chi connectivity index (χ4v) is 1.52. The summed E-state index contributed by atoms with van der Waals surface area (Å²) in [5, 5.41) is 6.30. The van der Waals surface area contributed by atoms with Gasteiger partial charge in [-0.05, 0) is 18.4 Å². The molecule has 0 radical (unpaired) electrons. The first-order valence-electron chi connectivity index (χ1n) is 5.02. The van der Waals surface area contributed by atoms with Gasteiger partial charge in [0.05, 0.1) is 0 Å². The lowest BCUT2D eigenvalue weighted by molar-refractivity contribution is -0.124. The van der Waals surface area contributed by atoms with E-state index in [2.05, 4.69) is 17.6 Å². The highest BCUT2D eigenvalue weighted by molar-refractivity contribution is 5.77. The predicted molar refractivity (Wildman–Crippen MR) is 53.4 cm³/mol. The van der Waals surface area contributed by atoms with Crippen molar-refractivity contribution in [2.75, 3.05) is 19.6 Å². The molecule has 0 bridgehead atoms. The average molecular weight is 184 g/mol. The maximum absolute atomic E-state index is 11.3. The lowest BCUT2D eigenvalue weighted by Gasteiger charge is -2.23. The van der Waals surface area contributed by atoms with E-state index in [0.29, 0.717) is 0 Å². The number of rotatable bonds is 3. The van der Waals surface area contributed by atoms with E-state index < -0.39 is 0 Å². The number of carbonyl (C=O) groups is 1. The van der Waals surface area contributed by atoms with Crippen molar-refractivity contribution in [3.05, 3.63) is 0 Å². The van der Waals surface area contributed by atoms with E-state index in [-0.39, 0.29) is 17.2 Å². The Morgan fingerprint density at radius 3 is 2.77 bits per heavy atom. The summed E-state index contributed by atoms with van der Waals surface area (Å²) < 4.78 is 0. The molecular formula is C10H20N2O. The summed E-state index contributed by atoms with van der Waals surface area (Å²) in [5.74, 6) is 0.256. The molecule has 0 aromatic rings. The van der Waals surface area contributed by atoms with Crippen LogP contribution in [0.15, 0.2) is 0 Å². The standard InChI is InChI=1S/C10H20N2O/c1-8(2)9(13)12-7-10(3)4-5-11-6-10/h8,11H,4-7H2,1-3H3,(H,12,13). The molecule has 3 heteroatoms. The number of nitrogens with one attached hydrogen (secondary N) is 2. The Kier molecular flexibility index (Phi) is 3.31. The van der Waals surface area contributed by atoms with Crippen LogP contribution in [0.25, 0.3) is 0 Å². The minimum Gasteiger partial charge on any atom is -0.355 e. The molecule has 0 aromatic heterocycles. The maximum Gasteiger partial charge on any atom is 0.222 e. The van der Waals surface area contributed by atoms with Gasteiger partial charge < -0.3 is 10.6 Å². The molecule has 1 fully saturated rings. The quantitative estimate of drug-likeness (QED) is 0.680. The first-order valence-corrected chi connectivity index (χ1v) is 5.02. The van der Waals surface area contributed by atoms with E-state index in [1.165, 1.54) is 0 Å². The molecule has 0 saturated carbocycles. The Morgan fingerprint density at radius 2 is 2.31 bits per heavy atom. The molecule has 0 spiro atoms. The Bertz CT molecular complexity index is 183. The predicted octanol–water partition coefficient (Wildman–Crippen LogP) is 0.758. The third kappa shape index (κ3) is 2.99. The van der Waals surface area contributed by atoms with Crippen molar-refractivity contribution in [2.24, 2.45) is 11.3 Å². The normalized spacial score (nSPS) is 28.0. The van der Waals surface area contributed by atoms with Gasteiger partial charge in [-0.2, -0.15) is 0 Å². The van der Waals surface area contributed by atoms with Gasteiger partial charge in [0.1, 0.15) is 0 Å². The van der Waals surface area contributed by atoms with E-state index in [1.807, 2.05) is 13.8 Å². The second-order valence-electron chi connectivity index (χ2n) is 4.61. The number of hydrogen-bond acceptors (Lipinski definition) is 2. The van der Waals surface area contributed by atoms with E-state index in [9.17, 15) is 4.79 Å². The molecule has 76 valence electrons. The Hall–Kier alpha value is -0.570. The molecule has 3 nitrogen and oxygen atoms in total. The van der Waals surface area contributed by atoms with Crippen molar-refractivity contribution < 1.29 is 4.79 Å². The zero-order valence-electron chi connectivity index (χ0n) is 8.81. The van der Waals surface area contributed by atoms with Gasteiger partial charge in [-0.15, -0.1) is 0 Å². The van der Waals surface area contributed by atoms with Gasteiger partial charge in [0.15, 0.2) is 0 Å². The number of carbonyl (C=O) groups excluding carboxylic acids is 1. The lowest BCUT2D eigenvalue weighted by Crippen LogP contribution is -2.38. The highest BCUT2D eigenvalue weighted by Gasteiger charge is 2.28. The van der Waals surface area contributed by atoms with Crippen molar-refractivity contribution >= 4 is 5.91 Å². The first kappa shape index (κ1) is 10.5. The second-order valence-corrected chi connectivity index (χ2v) is 4.61. The molecule has 1 heterocycles. The fourth-order valence-electron chi connectivity index (χ4n) is 1.52. The van der Waals surface area contributed by atoms with Gasteiger partial charge in [-0.1, -0.05) is 20.8 Å². The van der Waals surface area contributed by atoms with E-state index in [1.54, 1.807) is 0 Å². The zero-order chi connectivity index (χ0) is 9.90. The van der Waals surface area contributed by atoms with Gasteiger partial charge in [-0.25, -0.2) is 0 Å². The average Bonchev–Trinajstić information content (AvgIpc) is 2.48. The molecule has 1 rings (SSSR count). The highest BCUT2D eigenvalue weighted by atomic mass is 16.1. The summed E-state index contributed by atoms with van der Waals surface area (Å²) in [7, 11) is 0. The smallest absolute Gasteiger partial charge is 0.222 e. The summed E-state index contributed by atoms with van der Waals surface area (Å²) in [6.07, 6.45) is 1.16. The first-order chi connectivity index (χ1) is 6.03. The fraction of sp³-hybridized carbons (Fsp3) is 0.900. The summed E-state index contributed by atoms with van der Waals surface area (Å²) in [6, 6.07) is 0. The third-order valence-corrected chi connectivity index (χ3v) is 2.67.